The first-order chi connectivity index (χ1) is 10.1. The molecule has 2 aromatic rings. The quantitative estimate of drug-likeness (QED) is 0.877. The molecule has 0 aliphatic carbocycles. The maximum absolute atomic E-state index is 12.8. The molecule has 0 unspecified atom stereocenters. The number of nitrogens with two attached hydrogens (primary N) is 1. The average molecular weight is 284 g/mol. The molecule has 0 atom stereocenters. The number of anilines is 2. The zero-order chi connectivity index (χ0) is 15.4. The van der Waals surface area contributed by atoms with Gasteiger partial charge in [0, 0.05) is 17.9 Å². The van der Waals surface area contributed by atoms with Crippen LogP contribution >= 0.6 is 0 Å². The maximum atomic E-state index is 12.8. The summed E-state index contributed by atoms with van der Waals surface area (Å²) in [5.41, 5.74) is 8.79. The van der Waals surface area contributed by atoms with Gasteiger partial charge in [0.15, 0.2) is 0 Å². The molecule has 0 spiro atoms. The zero-order valence-corrected chi connectivity index (χ0v) is 12.6. The van der Waals surface area contributed by atoms with Crippen LogP contribution in [0.25, 0.3) is 0 Å². The molecule has 0 heterocycles. The van der Waals surface area contributed by atoms with E-state index < -0.39 is 0 Å². The smallest absolute Gasteiger partial charge is 0.264 e. The van der Waals surface area contributed by atoms with Crippen molar-refractivity contribution < 1.29 is 9.53 Å². The lowest BCUT2D eigenvalue weighted by Crippen LogP contribution is -2.31. The lowest BCUT2D eigenvalue weighted by Gasteiger charge is -2.23. The van der Waals surface area contributed by atoms with Gasteiger partial charge in [0.2, 0.25) is 0 Å². The second-order valence-corrected chi connectivity index (χ2v) is 4.81. The molecule has 110 valence electrons. The minimum atomic E-state index is -0.156. The van der Waals surface area contributed by atoms with Crippen LogP contribution in [-0.4, -0.2) is 19.6 Å². The van der Waals surface area contributed by atoms with Gasteiger partial charge in [-0.1, -0.05) is 23.8 Å². The Morgan fingerprint density at radius 2 is 1.86 bits per heavy atom. The Bertz CT molecular complexity index is 636. The van der Waals surface area contributed by atoms with Gasteiger partial charge >= 0.3 is 0 Å². The van der Waals surface area contributed by atoms with E-state index in [0.717, 1.165) is 11.3 Å². The van der Waals surface area contributed by atoms with Crippen LogP contribution in [0.1, 0.15) is 22.8 Å². The molecule has 1 amide bonds. The van der Waals surface area contributed by atoms with E-state index in [9.17, 15) is 4.79 Å². The van der Waals surface area contributed by atoms with E-state index in [1.807, 2.05) is 38.1 Å². The topological polar surface area (TPSA) is 55.6 Å². The van der Waals surface area contributed by atoms with Gasteiger partial charge in [-0.05, 0) is 38.1 Å². The summed E-state index contributed by atoms with van der Waals surface area (Å²) >= 11 is 0. The predicted octanol–water partition coefficient (Wildman–Crippen LogP) is 3.25. The largest absolute Gasteiger partial charge is 0.496 e. The number of methoxy groups -OCH3 is 1. The first-order valence-electron chi connectivity index (χ1n) is 6.89. The predicted molar refractivity (Wildman–Crippen MR) is 85.9 cm³/mol. The van der Waals surface area contributed by atoms with Gasteiger partial charge in [0.05, 0.1) is 7.11 Å². The highest BCUT2D eigenvalue weighted by molar-refractivity contribution is 6.11. The minimum absolute atomic E-state index is 0.156. The Morgan fingerprint density at radius 1 is 1.19 bits per heavy atom. The molecule has 0 aliphatic heterocycles. The summed E-state index contributed by atoms with van der Waals surface area (Å²) in [5.74, 6) is 0.335. The van der Waals surface area contributed by atoms with Crippen molar-refractivity contribution in [2.24, 2.45) is 0 Å². The lowest BCUT2D eigenvalue weighted by molar-refractivity contribution is 0.0986. The fourth-order valence-corrected chi connectivity index (χ4v) is 2.25. The van der Waals surface area contributed by atoms with Gasteiger partial charge < -0.3 is 15.4 Å². The monoisotopic (exact) mass is 284 g/mol. The summed E-state index contributed by atoms with van der Waals surface area (Å²) in [5, 5.41) is 0. The third-order valence-corrected chi connectivity index (χ3v) is 3.40. The second kappa shape index (κ2) is 6.31. The van der Waals surface area contributed by atoms with E-state index in [1.54, 1.807) is 23.1 Å². The van der Waals surface area contributed by atoms with Crippen LogP contribution < -0.4 is 15.4 Å². The number of carbonyl (C=O) groups is 1. The highest BCUT2D eigenvalue weighted by Gasteiger charge is 2.22. The summed E-state index contributed by atoms with van der Waals surface area (Å²) in [6.45, 7) is 4.50. The highest BCUT2D eigenvalue weighted by Crippen LogP contribution is 2.28. The Kier molecular flexibility index (Phi) is 4.48. The van der Waals surface area contributed by atoms with Crippen molar-refractivity contribution in [3.8, 4) is 5.75 Å². The third-order valence-electron chi connectivity index (χ3n) is 3.40. The molecule has 0 fully saturated rings. The van der Waals surface area contributed by atoms with Crippen molar-refractivity contribution >= 4 is 17.3 Å². The Morgan fingerprint density at radius 3 is 2.43 bits per heavy atom. The van der Waals surface area contributed by atoms with Crippen molar-refractivity contribution in [3.05, 3.63) is 53.6 Å². The second-order valence-electron chi connectivity index (χ2n) is 4.81. The summed E-state index contributed by atoms with van der Waals surface area (Å²) in [6, 6.07) is 13.1. The fraction of sp³-hybridized carbons (Fsp3) is 0.235. The van der Waals surface area contributed by atoms with Crippen molar-refractivity contribution in [1.82, 2.24) is 0 Å². The molecular formula is C17H20N2O2. The number of aryl methyl sites for hydroxylation is 1. The van der Waals surface area contributed by atoms with E-state index in [4.69, 9.17) is 10.5 Å². The first kappa shape index (κ1) is 14.9. The number of rotatable bonds is 4. The number of amides is 1. The maximum Gasteiger partial charge on any atom is 0.264 e. The van der Waals surface area contributed by atoms with Crippen molar-refractivity contribution in [1.29, 1.82) is 0 Å². The van der Waals surface area contributed by atoms with Crippen LogP contribution in [0.15, 0.2) is 42.5 Å². The van der Waals surface area contributed by atoms with Crippen LogP contribution in [0.5, 0.6) is 5.75 Å². The molecule has 0 bridgehead atoms. The van der Waals surface area contributed by atoms with Gasteiger partial charge in [0.25, 0.3) is 5.91 Å². The number of benzene rings is 2. The van der Waals surface area contributed by atoms with Gasteiger partial charge in [0.1, 0.15) is 11.3 Å². The van der Waals surface area contributed by atoms with Crippen LogP contribution in [-0.2, 0) is 0 Å². The molecule has 2 N–H and O–H groups in total. The van der Waals surface area contributed by atoms with Crippen LogP contribution in [0, 0.1) is 6.92 Å². The molecule has 4 nitrogen and oxygen atoms in total. The third kappa shape index (κ3) is 2.99. The lowest BCUT2D eigenvalue weighted by atomic mass is 10.1. The summed E-state index contributed by atoms with van der Waals surface area (Å²) < 4.78 is 5.27. The van der Waals surface area contributed by atoms with Crippen LogP contribution in [0.2, 0.25) is 0 Å². The number of nitrogen functional groups attached to an aromatic ring is 1. The Hall–Kier alpha value is -2.49. The number of ether oxygens (including phenoxy) is 1. The average Bonchev–Trinajstić information content (AvgIpc) is 2.49. The normalized spacial score (nSPS) is 10.2. The number of hydrogen-bond acceptors (Lipinski definition) is 3. The van der Waals surface area contributed by atoms with Crippen molar-refractivity contribution in [2.75, 3.05) is 24.3 Å². The minimum Gasteiger partial charge on any atom is -0.496 e. The van der Waals surface area contributed by atoms with Crippen LogP contribution in [0.4, 0.5) is 11.4 Å². The summed E-state index contributed by atoms with van der Waals surface area (Å²) in [4.78, 5) is 14.5. The van der Waals surface area contributed by atoms with Crippen LogP contribution in [0.3, 0.4) is 0 Å². The Balaban J connectivity index is 2.44. The van der Waals surface area contributed by atoms with Gasteiger partial charge in [-0.3, -0.25) is 4.79 Å². The van der Waals surface area contributed by atoms with Crippen molar-refractivity contribution in [2.45, 2.75) is 13.8 Å². The molecule has 21 heavy (non-hydrogen) atoms. The highest BCUT2D eigenvalue weighted by atomic mass is 16.5. The van der Waals surface area contributed by atoms with E-state index in [-0.39, 0.29) is 5.91 Å². The molecule has 0 aliphatic rings. The first-order valence-corrected chi connectivity index (χ1v) is 6.89. The molecular weight excluding hydrogens is 264 g/mol. The molecule has 2 rings (SSSR count). The SMILES string of the molecule is CCN(C(=O)c1c(N)cccc1OC)c1ccc(C)cc1. The molecule has 0 saturated carbocycles. The summed E-state index contributed by atoms with van der Waals surface area (Å²) in [7, 11) is 1.54. The Labute approximate surface area is 125 Å². The molecule has 0 saturated heterocycles. The molecule has 2 aromatic carbocycles. The number of hydrogen-bond donors (Lipinski definition) is 1. The van der Waals surface area contributed by atoms with E-state index >= 15 is 0 Å². The number of carbonyl (C=O) groups excluding carboxylic acids is 1. The fourth-order valence-electron chi connectivity index (χ4n) is 2.25. The number of nitrogens with zero attached hydrogens (tertiary/aromatic N) is 1. The molecule has 0 radical (unpaired) electrons. The van der Waals surface area contributed by atoms with E-state index in [0.29, 0.717) is 23.5 Å². The van der Waals surface area contributed by atoms with Gasteiger partial charge in [-0.25, -0.2) is 0 Å². The van der Waals surface area contributed by atoms with Gasteiger partial charge in [-0.2, -0.15) is 0 Å². The van der Waals surface area contributed by atoms with E-state index in [2.05, 4.69) is 0 Å². The van der Waals surface area contributed by atoms with Crippen molar-refractivity contribution in [3.63, 3.8) is 0 Å². The zero-order valence-electron chi connectivity index (χ0n) is 12.6. The van der Waals surface area contributed by atoms with E-state index in [1.165, 1.54) is 7.11 Å². The molecule has 0 aromatic heterocycles. The molecule has 4 heteroatoms. The standard InChI is InChI=1S/C17H20N2O2/c1-4-19(13-10-8-12(2)9-11-13)17(20)16-14(18)6-5-7-15(16)21-3/h5-11H,4,18H2,1-3H3. The summed E-state index contributed by atoms with van der Waals surface area (Å²) in [6.07, 6.45) is 0. The van der Waals surface area contributed by atoms with Gasteiger partial charge in [-0.15, -0.1) is 0 Å².